The highest BCUT2D eigenvalue weighted by Crippen LogP contribution is 2.37. The molecule has 4 nitrogen and oxygen atoms in total. The van der Waals surface area contributed by atoms with Gasteiger partial charge < -0.3 is 0 Å². The van der Waals surface area contributed by atoms with Crippen LogP contribution >= 0.6 is 0 Å². The van der Waals surface area contributed by atoms with Crippen molar-refractivity contribution in [3.8, 4) is 0 Å². The van der Waals surface area contributed by atoms with Gasteiger partial charge in [0.25, 0.3) is 10.2 Å². The van der Waals surface area contributed by atoms with Crippen molar-refractivity contribution in [3.05, 3.63) is 0 Å². The SMILES string of the molecule is CN(C1CCCCCC1)S(=O)(=O)N1CCCC2CCCCC21. The molecule has 22 heavy (non-hydrogen) atoms. The van der Waals surface area contributed by atoms with Crippen LogP contribution in [0.3, 0.4) is 0 Å². The third kappa shape index (κ3) is 3.36. The van der Waals surface area contributed by atoms with Gasteiger partial charge in [0, 0.05) is 25.7 Å². The van der Waals surface area contributed by atoms with Crippen LogP contribution in [0.25, 0.3) is 0 Å². The fourth-order valence-electron chi connectivity index (χ4n) is 4.84. The first-order valence-electron chi connectivity index (χ1n) is 9.35. The van der Waals surface area contributed by atoms with E-state index in [0.29, 0.717) is 5.92 Å². The maximum Gasteiger partial charge on any atom is 0.282 e. The molecule has 2 atom stereocenters. The van der Waals surface area contributed by atoms with E-state index in [1.807, 2.05) is 11.4 Å². The Hall–Kier alpha value is -0.130. The average Bonchev–Trinajstić information content (AvgIpc) is 2.82. The normalized spacial score (nSPS) is 32.6. The molecule has 1 aliphatic heterocycles. The van der Waals surface area contributed by atoms with Gasteiger partial charge in [0.1, 0.15) is 0 Å². The summed E-state index contributed by atoms with van der Waals surface area (Å²) >= 11 is 0. The van der Waals surface area contributed by atoms with Gasteiger partial charge in [0.15, 0.2) is 0 Å². The molecule has 0 bridgehead atoms. The molecule has 0 N–H and O–H groups in total. The molecule has 2 aliphatic carbocycles. The highest BCUT2D eigenvalue weighted by molar-refractivity contribution is 7.86. The van der Waals surface area contributed by atoms with Gasteiger partial charge in [-0.15, -0.1) is 0 Å². The number of hydrogen-bond donors (Lipinski definition) is 0. The molecule has 0 aromatic rings. The number of hydrogen-bond acceptors (Lipinski definition) is 2. The van der Waals surface area contributed by atoms with Crippen LogP contribution in [0.15, 0.2) is 0 Å². The predicted molar refractivity (Wildman–Crippen MR) is 89.9 cm³/mol. The van der Waals surface area contributed by atoms with Gasteiger partial charge in [-0.25, -0.2) is 0 Å². The number of nitrogens with zero attached hydrogens (tertiary/aromatic N) is 2. The molecule has 1 saturated heterocycles. The van der Waals surface area contributed by atoms with Crippen LogP contribution < -0.4 is 0 Å². The summed E-state index contributed by atoms with van der Waals surface area (Å²) in [5.41, 5.74) is 0. The molecule has 3 fully saturated rings. The van der Waals surface area contributed by atoms with E-state index in [1.54, 1.807) is 4.31 Å². The van der Waals surface area contributed by atoms with E-state index in [9.17, 15) is 8.42 Å². The van der Waals surface area contributed by atoms with Crippen LogP contribution in [0, 0.1) is 5.92 Å². The third-order valence-electron chi connectivity index (χ3n) is 6.19. The molecule has 0 radical (unpaired) electrons. The summed E-state index contributed by atoms with van der Waals surface area (Å²) in [7, 11) is -1.45. The Labute approximate surface area is 136 Å². The molecule has 0 amide bonds. The molecular weight excluding hydrogens is 296 g/mol. The minimum atomic E-state index is -3.28. The lowest BCUT2D eigenvalue weighted by Crippen LogP contribution is -2.55. The van der Waals surface area contributed by atoms with Crippen molar-refractivity contribution in [2.24, 2.45) is 5.92 Å². The minimum Gasteiger partial charge on any atom is -0.195 e. The van der Waals surface area contributed by atoms with Gasteiger partial charge in [0.2, 0.25) is 0 Å². The van der Waals surface area contributed by atoms with Crippen molar-refractivity contribution in [1.82, 2.24) is 8.61 Å². The van der Waals surface area contributed by atoms with Gasteiger partial charge in [-0.2, -0.15) is 17.0 Å². The smallest absolute Gasteiger partial charge is 0.195 e. The molecular formula is C17H32N2O2S. The Morgan fingerprint density at radius 1 is 0.818 bits per heavy atom. The molecule has 1 heterocycles. The van der Waals surface area contributed by atoms with Crippen LogP contribution in [0.4, 0.5) is 0 Å². The number of piperidine rings is 1. The molecule has 5 heteroatoms. The zero-order chi connectivity index (χ0) is 15.6. The summed E-state index contributed by atoms with van der Waals surface area (Å²) in [6.45, 7) is 0.737. The fraction of sp³-hybridized carbons (Fsp3) is 1.00. The summed E-state index contributed by atoms with van der Waals surface area (Å²) in [6, 6.07) is 0.497. The second-order valence-electron chi connectivity index (χ2n) is 7.53. The van der Waals surface area contributed by atoms with Crippen molar-refractivity contribution >= 4 is 10.2 Å². The largest absolute Gasteiger partial charge is 0.282 e. The molecule has 3 aliphatic rings. The van der Waals surface area contributed by atoms with E-state index < -0.39 is 10.2 Å². The van der Waals surface area contributed by atoms with E-state index in [4.69, 9.17) is 0 Å². The molecule has 128 valence electrons. The molecule has 0 spiro atoms. The van der Waals surface area contributed by atoms with E-state index in [1.165, 1.54) is 51.4 Å². The minimum absolute atomic E-state index is 0.219. The summed E-state index contributed by atoms with van der Waals surface area (Å²) in [5.74, 6) is 0.611. The molecule has 3 rings (SSSR count). The van der Waals surface area contributed by atoms with Crippen molar-refractivity contribution in [3.63, 3.8) is 0 Å². The maximum atomic E-state index is 13.2. The first-order valence-corrected chi connectivity index (χ1v) is 10.7. The van der Waals surface area contributed by atoms with Crippen LogP contribution in [0.2, 0.25) is 0 Å². The van der Waals surface area contributed by atoms with Crippen LogP contribution in [0.1, 0.15) is 77.0 Å². The van der Waals surface area contributed by atoms with Gasteiger partial charge in [-0.05, 0) is 44.4 Å². The summed E-state index contributed by atoms with van der Waals surface area (Å²) < 4.78 is 30.0. The highest BCUT2D eigenvalue weighted by Gasteiger charge is 2.42. The number of fused-ring (bicyclic) bond motifs is 1. The Kier molecular flexibility index (Phi) is 5.46. The highest BCUT2D eigenvalue weighted by atomic mass is 32.2. The standard InChI is InChI=1S/C17H32N2O2S/c1-18(16-11-4-2-3-5-12-16)22(20,21)19-14-8-10-15-9-6-7-13-17(15)19/h15-17H,2-14H2,1H3. The number of rotatable bonds is 3. The lowest BCUT2D eigenvalue weighted by Gasteiger charge is -2.45. The Morgan fingerprint density at radius 2 is 1.41 bits per heavy atom. The Bertz CT molecular complexity index is 455. The first kappa shape index (κ1) is 16.7. The Balaban J connectivity index is 1.75. The zero-order valence-electron chi connectivity index (χ0n) is 14.0. The molecule has 0 aromatic carbocycles. The van der Waals surface area contributed by atoms with Crippen molar-refractivity contribution < 1.29 is 8.42 Å². The molecule has 0 aromatic heterocycles. The van der Waals surface area contributed by atoms with Crippen LogP contribution in [-0.4, -0.2) is 42.7 Å². The second-order valence-corrected chi connectivity index (χ2v) is 9.47. The molecule has 2 unspecified atom stereocenters. The second kappa shape index (κ2) is 7.18. The van der Waals surface area contributed by atoms with Crippen LogP contribution in [-0.2, 0) is 10.2 Å². The first-order chi connectivity index (χ1) is 10.6. The van der Waals surface area contributed by atoms with Crippen molar-refractivity contribution in [1.29, 1.82) is 0 Å². The fourth-order valence-corrected chi connectivity index (χ4v) is 6.74. The average molecular weight is 329 g/mol. The van der Waals surface area contributed by atoms with Gasteiger partial charge in [0.05, 0.1) is 0 Å². The monoisotopic (exact) mass is 328 g/mol. The van der Waals surface area contributed by atoms with Gasteiger partial charge in [-0.3, -0.25) is 0 Å². The quantitative estimate of drug-likeness (QED) is 0.744. The lowest BCUT2D eigenvalue weighted by atomic mass is 9.79. The van der Waals surface area contributed by atoms with E-state index in [0.717, 1.165) is 32.2 Å². The summed E-state index contributed by atoms with van der Waals surface area (Å²) in [4.78, 5) is 0. The lowest BCUT2D eigenvalue weighted by molar-refractivity contribution is 0.120. The van der Waals surface area contributed by atoms with E-state index >= 15 is 0 Å². The summed E-state index contributed by atoms with van der Waals surface area (Å²) in [6.07, 6.45) is 14.0. The molecule has 2 saturated carbocycles. The van der Waals surface area contributed by atoms with Crippen molar-refractivity contribution in [2.75, 3.05) is 13.6 Å². The Morgan fingerprint density at radius 3 is 2.14 bits per heavy atom. The van der Waals surface area contributed by atoms with Crippen molar-refractivity contribution in [2.45, 2.75) is 89.1 Å². The van der Waals surface area contributed by atoms with Gasteiger partial charge >= 0.3 is 0 Å². The zero-order valence-corrected chi connectivity index (χ0v) is 14.9. The maximum absolute atomic E-state index is 13.2. The van der Waals surface area contributed by atoms with E-state index in [2.05, 4.69) is 0 Å². The van der Waals surface area contributed by atoms with Gasteiger partial charge in [-0.1, -0.05) is 38.5 Å². The summed E-state index contributed by atoms with van der Waals surface area (Å²) in [5, 5.41) is 0. The van der Waals surface area contributed by atoms with E-state index in [-0.39, 0.29) is 12.1 Å². The third-order valence-corrected chi connectivity index (χ3v) is 8.26. The predicted octanol–water partition coefficient (Wildman–Crippen LogP) is 3.54. The topological polar surface area (TPSA) is 40.6 Å². The van der Waals surface area contributed by atoms with Crippen LogP contribution in [0.5, 0.6) is 0 Å².